The van der Waals surface area contributed by atoms with Crippen molar-refractivity contribution < 1.29 is 0 Å². The molecule has 1 saturated carbocycles. The summed E-state index contributed by atoms with van der Waals surface area (Å²) < 4.78 is 0. The Bertz CT molecular complexity index is 778. The highest BCUT2D eigenvalue weighted by Crippen LogP contribution is 2.68. The summed E-state index contributed by atoms with van der Waals surface area (Å²) in [7, 11) is 0. The summed E-state index contributed by atoms with van der Waals surface area (Å²) in [5.41, 5.74) is 12.4. The van der Waals surface area contributed by atoms with Crippen LogP contribution in [0.3, 0.4) is 0 Å². The van der Waals surface area contributed by atoms with Crippen LogP contribution >= 0.6 is 0 Å². The number of anilines is 1. The van der Waals surface area contributed by atoms with Crippen LogP contribution in [0.25, 0.3) is 11.3 Å². The summed E-state index contributed by atoms with van der Waals surface area (Å²) in [6.45, 7) is 9.25. The van der Waals surface area contributed by atoms with Crippen molar-refractivity contribution in [2.75, 3.05) is 5.73 Å². The molecule has 0 radical (unpaired) electrons. The van der Waals surface area contributed by atoms with E-state index in [9.17, 15) is 0 Å². The number of aromatic nitrogens is 2. The molecular weight excluding hydrogens is 270 g/mol. The van der Waals surface area contributed by atoms with Gasteiger partial charge in [0.25, 0.3) is 0 Å². The molecule has 4 rings (SSSR count). The quantitative estimate of drug-likeness (QED) is 0.857. The normalized spacial score (nSPS) is 27.9. The van der Waals surface area contributed by atoms with E-state index in [1.54, 1.807) is 0 Å². The van der Waals surface area contributed by atoms with E-state index in [4.69, 9.17) is 5.73 Å². The maximum absolute atomic E-state index is 6.08. The smallest absolute Gasteiger partial charge is 0.220 e. The van der Waals surface area contributed by atoms with Gasteiger partial charge in [0.05, 0.1) is 11.4 Å². The van der Waals surface area contributed by atoms with Gasteiger partial charge in [-0.15, -0.1) is 0 Å². The van der Waals surface area contributed by atoms with Crippen LogP contribution in [-0.4, -0.2) is 9.97 Å². The van der Waals surface area contributed by atoms with Gasteiger partial charge in [-0.3, -0.25) is 0 Å². The van der Waals surface area contributed by atoms with Crippen LogP contribution in [0.5, 0.6) is 0 Å². The molecule has 0 spiro atoms. The Labute approximate surface area is 132 Å². The first kappa shape index (κ1) is 13.7. The van der Waals surface area contributed by atoms with Crippen LogP contribution in [0.2, 0.25) is 0 Å². The summed E-state index contributed by atoms with van der Waals surface area (Å²) in [6, 6.07) is 8.44. The maximum Gasteiger partial charge on any atom is 0.220 e. The number of aryl methyl sites for hydroxylation is 1. The Hall–Kier alpha value is -1.90. The number of nitrogens with zero attached hydrogens (tertiary/aromatic N) is 2. The molecule has 1 fully saturated rings. The predicted molar refractivity (Wildman–Crippen MR) is 89.7 cm³/mol. The first-order valence-electron chi connectivity index (χ1n) is 8.10. The number of hydrogen-bond acceptors (Lipinski definition) is 3. The zero-order valence-corrected chi connectivity index (χ0v) is 13.8. The van der Waals surface area contributed by atoms with Gasteiger partial charge in [-0.05, 0) is 36.7 Å². The number of rotatable bonds is 1. The molecule has 2 aromatic rings. The molecule has 2 N–H and O–H groups in total. The number of benzene rings is 1. The molecule has 2 aliphatic carbocycles. The van der Waals surface area contributed by atoms with Crippen LogP contribution in [-0.2, 0) is 5.41 Å². The summed E-state index contributed by atoms with van der Waals surface area (Å²) >= 11 is 0. The van der Waals surface area contributed by atoms with E-state index in [-0.39, 0.29) is 10.8 Å². The third kappa shape index (κ3) is 1.47. The van der Waals surface area contributed by atoms with Crippen molar-refractivity contribution in [3.05, 3.63) is 41.1 Å². The molecule has 114 valence electrons. The average Bonchev–Trinajstić information content (AvgIpc) is 2.79. The van der Waals surface area contributed by atoms with Crippen LogP contribution in [0.4, 0.5) is 5.95 Å². The average molecular weight is 293 g/mol. The van der Waals surface area contributed by atoms with Crippen molar-refractivity contribution >= 4 is 5.95 Å². The minimum absolute atomic E-state index is 0.113. The van der Waals surface area contributed by atoms with Gasteiger partial charge in [0, 0.05) is 16.5 Å². The maximum atomic E-state index is 6.08. The zero-order chi connectivity index (χ0) is 15.7. The topological polar surface area (TPSA) is 51.8 Å². The van der Waals surface area contributed by atoms with Crippen molar-refractivity contribution in [1.29, 1.82) is 0 Å². The van der Waals surface area contributed by atoms with E-state index in [1.807, 2.05) is 0 Å². The first-order valence-corrected chi connectivity index (χ1v) is 8.10. The molecule has 2 aliphatic rings. The highest BCUT2D eigenvalue weighted by Gasteiger charge is 2.61. The van der Waals surface area contributed by atoms with Gasteiger partial charge in [-0.1, -0.05) is 45.0 Å². The van der Waals surface area contributed by atoms with Gasteiger partial charge in [-0.25, -0.2) is 9.97 Å². The third-order valence-corrected chi connectivity index (χ3v) is 6.46. The van der Waals surface area contributed by atoms with Crippen molar-refractivity contribution in [2.24, 2.45) is 5.41 Å². The van der Waals surface area contributed by atoms with Gasteiger partial charge >= 0.3 is 0 Å². The molecule has 3 heteroatoms. The zero-order valence-electron chi connectivity index (χ0n) is 13.8. The molecule has 1 aromatic heterocycles. The number of nitrogen functional groups attached to an aromatic ring is 1. The van der Waals surface area contributed by atoms with Crippen LogP contribution in [0.15, 0.2) is 24.3 Å². The molecule has 3 nitrogen and oxygen atoms in total. The standard InChI is InChI=1S/C19H23N3/c1-11-7-5-6-8-12(11)15-14-13-9-10-19(4,18(13,2)3)16(14)22-17(20)21-15/h5-8,13H,9-10H2,1-4H3,(H2,20,21,22). The third-order valence-electron chi connectivity index (χ3n) is 6.46. The summed E-state index contributed by atoms with van der Waals surface area (Å²) in [6.07, 6.45) is 2.42. The summed E-state index contributed by atoms with van der Waals surface area (Å²) in [5.74, 6) is 0.935. The number of hydrogen-bond donors (Lipinski definition) is 1. The van der Waals surface area contributed by atoms with E-state index in [2.05, 4.69) is 61.9 Å². The highest BCUT2D eigenvalue weighted by molar-refractivity contribution is 5.72. The lowest BCUT2D eigenvalue weighted by Crippen LogP contribution is -2.32. The fourth-order valence-corrected chi connectivity index (χ4v) is 4.71. The Morgan fingerprint density at radius 1 is 1.14 bits per heavy atom. The largest absolute Gasteiger partial charge is 0.368 e. The fourth-order valence-electron chi connectivity index (χ4n) is 4.71. The minimum atomic E-state index is 0.113. The van der Waals surface area contributed by atoms with Crippen molar-refractivity contribution in [3.8, 4) is 11.3 Å². The Balaban J connectivity index is 2.05. The highest BCUT2D eigenvalue weighted by atomic mass is 15.0. The van der Waals surface area contributed by atoms with E-state index in [0.717, 1.165) is 5.69 Å². The van der Waals surface area contributed by atoms with Crippen LogP contribution in [0, 0.1) is 12.3 Å². The molecule has 22 heavy (non-hydrogen) atoms. The van der Waals surface area contributed by atoms with Gasteiger partial charge in [-0.2, -0.15) is 0 Å². The van der Waals surface area contributed by atoms with Gasteiger partial charge in [0.1, 0.15) is 0 Å². The van der Waals surface area contributed by atoms with Crippen molar-refractivity contribution in [1.82, 2.24) is 9.97 Å². The second-order valence-electron chi connectivity index (χ2n) is 7.65. The predicted octanol–water partition coefficient (Wildman–Crippen LogP) is 4.21. The molecule has 0 saturated heterocycles. The van der Waals surface area contributed by atoms with Gasteiger partial charge in [0.2, 0.25) is 5.95 Å². The molecule has 0 aliphatic heterocycles. The number of nitrogens with two attached hydrogens (primary N) is 1. The Kier molecular flexibility index (Phi) is 2.56. The van der Waals surface area contributed by atoms with Gasteiger partial charge in [0.15, 0.2) is 0 Å². The Morgan fingerprint density at radius 3 is 2.59 bits per heavy atom. The SMILES string of the molecule is Cc1ccccc1-c1nc(N)nc2c1C1CCC2(C)C1(C)C. The second-order valence-corrected chi connectivity index (χ2v) is 7.65. The van der Waals surface area contributed by atoms with E-state index in [0.29, 0.717) is 11.9 Å². The molecular formula is C19H23N3. The minimum Gasteiger partial charge on any atom is -0.368 e. The van der Waals surface area contributed by atoms with E-state index >= 15 is 0 Å². The van der Waals surface area contributed by atoms with E-state index in [1.165, 1.54) is 35.2 Å². The number of fused-ring (bicyclic) bond motifs is 5. The monoisotopic (exact) mass is 293 g/mol. The molecule has 2 atom stereocenters. The fraction of sp³-hybridized carbons (Fsp3) is 0.474. The lowest BCUT2D eigenvalue weighted by molar-refractivity contribution is 0.227. The lowest BCUT2D eigenvalue weighted by atomic mass is 9.70. The molecule has 1 heterocycles. The first-order chi connectivity index (χ1) is 10.4. The Morgan fingerprint density at radius 2 is 1.86 bits per heavy atom. The van der Waals surface area contributed by atoms with Crippen molar-refractivity contribution in [2.45, 2.75) is 51.9 Å². The summed E-state index contributed by atoms with van der Waals surface area (Å²) in [5, 5.41) is 0. The lowest BCUT2D eigenvalue weighted by Gasteiger charge is -2.34. The van der Waals surface area contributed by atoms with Crippen LogP contribution in [0.1, 0.15) is 56.4 Å². The van der Waals surface area contributed by atoms with Gasteiger partial charge < -0.3 is 5.73 Å². The van der Waals surface area contributed by atoms with Crippen LogP contribution < -0.4 is 5.73 Å². The second kappa shape index (κ2) is 4.09. The molecule has 2 bridgehead atoms. The summed E-state index contributed by atoms with van der Waals surface area (Å²) in [4.78, 5) is 9.34. The molecule has 1 aromatic carbocycles. The van der Waals surface area contributed by atoms with E-state index < -0.39 is 0 Å². The van der Waals surface area contributed by atoms with Crippen molar-refractivity contribution in [3.63, 3.8) is 0 Å². The molecule has 0 amide bonds. The molecule has 2 unspecified atom stereocenters.